The zero-order valence-electron chi connectivity index (χ0n) is 19.5. The molecule has 1 fully saturated rings. The molecule has 2 aliphatic heterocycles. The fourth-order valence-electron chi connectivity index (χ4n) is 5.05. The van der Waals surface area contributed by atoms with Crippen molar-refractivity contribution in [2.24, 2.45) is 0 Å². The van der Waals surface area contributed by atoms with E-state index in [1.165, 1.54) is 5.56 Å². The zero-order valence-corrected chi connectivity index (χ0v) is 19.5. The number of benzene rings is 2. The molecule has 2 aromatic carbocycles. The first kappa shape index (κ1) is 21.6. The van der Waals surface area contributed by atoms with Crippen molar-refractivity contribution >= 4 is 11.7 Å². The number of aryl methyl sites for hydroxylation is 1. The minimum absolute atomic E-state index is 0.130. The lowest BCUT2D eigenvalue weighted by Gasteiger charge is -2.29. The second-order valence-electron chi connectivity index (χ2n) is 8.95. The second kappa shape index (κ2) is 8.94. The van der Waals surface area contributed by atoms with E-state index in [1.54, 1.807) is 12.0 Å². The van der Waals surface area contributed by atoms with Crippen molar-refractivity contribution < 1.29 is 9.53 Å². The van der Waals surface area contributed by atoms with Crippen LogP contribution in [-0.2, 0) is 17.8 Å². The summed E-state index contributed by atoms with van der Waals surface area (Å²) < 4.78 is 5.52. The number of aromatic nitrogens is 2. The first-order valence-corrected chi connectivity index (χ1v) is 11.7. The van der Waals surface area contributed by atoms with Crippen molar-refractivity contribution in [2.45, 2.75) is 45.2 Å². The van der Waals surface area contributed by atoms with E-state index >= 15 is 0 Å². The summed E-state index contributed by atoms with van der Waals surface area (Å²) in [5.74, 6) is 2.65. The number of para-hydroxylation sites is 1. The standard InChI is InChI=1S/C27H30N4O2/c1-18-21-14-15-25(32)30(2)27(21)29-26(28-18)23-8-6-16-31(23)17-19-10-12-20(13-11-19)22-7-4-5-9-24(22)33-3/h4-5,7,9-13,23H,6,8,14-17H2,1-3H3. The molecule has 6 nitrogen and oxygen atoms in total. The van der Waals surface area contributed by atoms with Gasteiger partial charge in [0.2, 0.25) is 5.91 Å². The van der Waals surface area contributed by atoms with E-state index in [4.69, 9.17) is 14.7 Å². The van der Waals surface area contributed by atoms with Crippen LogP contribution in [0.5, 0.6) is 5.75 Å². The monoisotopic (exact) mass is 442 g/mol. The average Bonchev–Trinajstić information content (AvgIpc) is 3.30. The summed E-state index contributed by atoms with van der Waals surface area (Å²) in [6, 6.07) is 17.0. The number of ether oxygens (including phenoxy) is 1. The number of nitrogens with zero attached hydrogens (tertiary/aromatic N) is 4. The molecule has 0 saturated carbocycles. The van der Waals surface area contributed by atoms with Gasteiger partial charge in [-0.05, 0) is 49.9 Å². The molecule has 33 heavy (non-hydrogen) atoms. The van der Waals surface area contributed by atoms with E-state index in [1.807, 2.05) is 32.2 Å². The number of fused-ring (bicyclic) bond motifs is 1. The molecule has 170 valence electrons. The van der Waals surface area contributed by atoms with Gasteiger partial charge in [0.05, 0.1) is 13.2 Å². The van der Waals surface area contributed by atoms with E-state index in [2.05, 4.69) is 35.2 Å². The smallest absolute Gasteiger partial charge is 0.228 e. The second-order valence-corrected chi connectivity index (χ2v) is 8.95. The molecular formula is C27H30N4O2. The van der Waals surface area contributed by atoms with Crippen molar-refractivity contribution in [1.82, 2.24) is 14.9 Å². The molecular weight excluding hydrogens is 412 g/mol. The number of methoxy groups -OCH3 is 1. The number of hydrogen-bond acceptors (Lipinski definition) is 5. The van der Waals surface area contributed by atoms with Gasteiger partial charge in [-0.15, -0.1) is 0 Å². The molecule has 0 N–H and O–H groups in total. The molecule has 5 rings (SSSR count). The van der Waals surface area contributed by atoms with Gasteiger partial charge >= 0.3 is 0 Å². The van der Waals surface area contributed by atoms with Gasteiger partial charge in [0.1, 0.15) is 17.4 Å². The Morgan fingerprint density at radius 3 is 2.64 bits per heavy atom. The molecule has 3 aromatic rings. The average molecular weight is 443 g/mol. The Hall–Kier alpha value is -3.25. The van der Waals surface area contributed by atoms with Crippen molar-refractivity contribution in [3.8, 4) is 16.9 Å². The highest BCUT2D eigenvalue weighted by molar-refractivity contribution is 5.94. The number of rotatable bonds is 5. The number of carbonyl (C=O) groups is 1. The number of likely N-dealkylation sites (tertiary alicyclic amines) is 1. The topological polar surface area (TPSA) is 58.6 Å². The van der Waals surface area contributed by atoms with Gasteiger partial charge in [-0.2, -0.15) is 0 Å². The van der Waals surface area contributed by atoms with E-state index in [9.17, 15) is 4.79 Å². The SMILES string of the molecule is COc1ccccc1-c1ccc(CN2CCCC2c2nc(C)c3c(n2)N(C)C(=O)CC3)cc1. The molecule has 1 aromatic heterocycles. The minimum Gasteiger partial charge on any atom is -0.496 e. The molecule has 0 bridgehead atoms. The highest BCUT2D eigenvalue weighted by Gasteiger charge is 2.32. The maximum atomic E-state index is 12.2. The Morgan fingerprint density at radius 1 is 1.06 bits per heavy atom. The van der Waals surface area contributed by atoms with Crippen LogP contribution in [0.15, 0.2) is 48.5 Å². The fraction of sp³-hybridized carbons (Fsp3) is 0.370. The molecule has 2 aliphatic rings. The van der Waals surface area contributed by atoms with E-state index in [0.29, 0.717) is 6.42 Å². The summed E-state index contributed by atoms with van der Waals surface area (Å²) in [6.07, 6.45) is 3.43. The Labute approximate surface area is 195 Å². The van der Waals surface area contributed by atoms with Gasteiger partial charge in [0, 0.05) is 36.8 Å². The first-order chi connectivity index (χ1) is 16.0. The summed E-state index contributed by atoms with van der Waals surface area (Å²) in [5.41, 5.74) is 5.62. The van der Waals surface area contributed by atoms with Crippen LogP contribution in [-0.4, -0.2) is 41.5 Å². The molecule has 0 aliphatic carbocycles. The Kier molecular flexibility index (Phi) is 5.85. The quantitative estimate of drug-likeness (QED) is 0.573. The number of amides is 1. The van der Waals surface area contributed by atoms with Crippen LogP contribution < -0.4 is 9.64 Å². The van der Waals surface area contributed by atoms with Gasteiger partial charge in [-0.3, -0.25) is 14.6 Å². The molecule has 1 atom stereocenters. The lowest BCUT2D eigenvalue weighted by Crippen LogP contribution is -2.34. The number of anilines is 1. The maximum absolute atomic E-state index is 12.2. The molecule has 0 radical (unpaired) electrons. The van der Waals surface area contributed by atoms with Crippen LogP contribution >= 0.6 is 0 Å². The molecule has 1 amide bonds. The summed E-state index contributed by atoms with van der Waals surface area (Å²) in [5, 5.41) is 0. The van der Waals surface area contributed by atoms with Crippen LogP contribution in [0.3, 0.4) is 0 Å². The van der Waals surface area contributed by atoms with E-state index in [-0.39, 0.29) is 11.9 Å². The third kappa shape index (κ3) is 4.11. The van der Waals surface area contributed by atoms with E-state index in [0.717, 1.165) is 72.1 Å². The Balaban J connectivity index is 1.37. The number of carbonyl (C=O) groups excluding carboxylic acids is 1. The molecule has 6 heteroatoms. The Bertz CT molecular complexity index is 1180. The van der Waals surface area contributed by atoms with Gasteiger partial charge in [-0.25, -0.2) is 9.97 Å². The number of hydrogen-bond donors (Lipinski definition) is 0. The van der Waals surface area contributed by atoms with Crippen LogP contribution in [0.1, 0.15) is 47.9 Å². The van der Waals surface area contributed by atoms with Crippen LogP contribution in [0.4, 0.5) is 5.82 Å². The molecule has 1 unspecified atom stereocenters. The van der Waals surface area contributed by atoms with Crippen molar-refractivity contribution in [3.05, 3.63) is 71.2 Å². The van der Waals surface area contributed by atoms with Gasteiger partial charge in [0.15, 0.2) is 0 Å². The van der Waals surface area contributed by atoms with Crippen molar-refractivity contribution in [3.63, 3.8) is 0 Å². The summed E-state index contributed by atoms with van der Waals surface area (Å²) in [4.78, 5) is 26.2. The molecule has 1 saturated heterocycles. The van der Waals surface area contributed by atoms with Crippen LogP contribution in [0.25, 0.3) is 11.1 Å². The highest BCUT2D eigenvalue weighted by atomic mass is 16.5. The van der Waals surface area contributed by atoms with Crippen molar-refractivity contribution in [2.75, 3.05) is 25.6 Å². The molecule has 3 heterocycles. The fourth-order valence-corrected chi connectivity index (χ4v) is 5.05. The largest absolute Gasteiger partial charge is 0.496 e. The highest BCUT2D eigenvalue weighted by Crippen LogP contribution is 2.35. The van der Waals surface area contributed by atoms with Crippen molar-refractivity contribution in [1.29, 1.82) is 0 Å². The predicted molar refractivity (Wildman–Crippen MR) is 129 cm³/mol. The van der Waals surface area contributed by atoms with Crippen LogP contribution in [0.2, 0.25) is 0 Å². The van der Waals surface area contributed by atoms with Gasteiger partial charge in [-0.1, -0.05) is 42.5 Å². The lowest BCUT2D eigenvalue weighted by molar-refractivity contribution is -0.118. The Morgan fingerprint density at radius 2 is 1.85 bits per heavy atom. The van der Waals surface area contributed by atoms with E-state index < -0.39 is 0 Å². The summed E-state index contributed by atoms with van der Waals surface area (Å²) in [7, 11) is 3.53. The summed E-state index contributed by atoms with van der Waals surface area (Å²) in [6.45, 7) is 3.92. The van der Waals surface area contributed by atoms with Gasteiger partial charge in [0.25, 0.3) is 0 Å². The third-order valence-electron chi connectivity index (χ3n) is 6.91. The molecule has 0 spiro atoms. The summed E-state index contributed by atoms with van der Waals surface area (Å²) >= 11 is 0. The van der Waals surface area contributed by atoms with Crippen LogP contribution in [0, 0.1) is 6.92 Å². The zero-order chi connectivity index (χ0) is 22.9. The van der Waals surface area contributed by atoms with Gasteiger partial charge < -0.3 is 4.74 Å². The predicted octanol–water partition coefficient (Wildman–Crippen LogP) is 4.71. The normalized spacial score (nSPS) is 18.5. The third-order valence-corrected chi connectivity index (χ3v) is 6.91. The maximum Gasteiger partial charge on any atom is 0.228 e. The lowest BCUT2D eigenvalue weighted by atomic mass is 10.0. The first-order valence-electron chi connectivity index (χ1n) is 11.7. The minimum atomic E-state index is 0.130.